The van der Waals surface area contributed by atoms with Gasteiger partial charge >= 0.3 is 6.18 Å². The molecule has 0 fully saturated rings. The molecule has 0 aliphatic heterocycles. The number of alkyl halides is 3. The molecule has 11 heteroatoms. The van der Waals surface area contributed by atoms with Gasteiger partial charge in [-0.25, -0.2) is 22.2 Å². The Balaban J connectivity index is 1.88. The first-order chi connectivity index (χ1) is 15.3. The lowest BCUT2D eigenvalue weighted by Gasteiger charge is -2.27. The number of ether oxygens (including phenoxy) is 1. The molecule has 0 unspecified atom stereocenters. The van der Waals surface area contributed by atoms with E-state index in [1.807, 2.05) is 6.92 Å². The highest BCUT2D eigenvalue weighted by Crippen LogP contribution is 2.31. The topological polar surface area (TPSA) is 73.2 Å². The van der Waals surface area contributed by atoms with E-state index in [1.165, 1.54) is 38.1 Å². The first kappa shape index (κ1) is 24.7. The second-order valence-electron chi connectivity index (χ2n) is 7.92. The number of aromatic nitrogens is 2. The van der Waals surface area contributed by atoms with Gasteiger partial charge in [0, 0.05) is 18.2 Å². The van der Waals surface area contributed by atoms with Crippen LogP contribution in [-0.4, -0.2) is 30.1 Å². The van der Waals surface area contributed by atoms with Crippen molar-refractivity contribution < 1.29 is 30.7 Å². The molecule has 178 valence electrons. The molecule has 0 spiro atoms. The van der Waals surface area contributed by atoms with E-state index < -0.39 is 33.3 Å². The maximum absolute atomic E-state index is 13.1. The summed E-state index contributed by atoms with van der Waals surface area (Å²) in [6.07, 6.45) is -4.85. The van der Waals surface area contributed by atoms with Crippen molar-refractivity contribution in [3.05, 3.63) is 66.0 Å². The highest BCUT2D eigenvalue weighted by Gasteiger charge is 2.38. The molecule has 0 radical (unpaired) electrons. The molecule has 33 heavy (non-hydrogen) atoms. The third kappa shape index (κ3) is 6.55. The van der Waals surface area contributed by atoms with E-state index in [-0.39, 0.29) is 0 Å². The van der Waals surface area contributed by atoms with Gasteiger partial charge in [0.15, 0.2) is 5.75 Å². The Morgan fingerprint density at radius 1 is 1.06 bits per heavy atom. The Bertz CT molecular complexity index is 1220. The molecular formula is C22H23F4N3O3S. The van der Waals surface area contributed by atoms with Crippen molar-refractivity contribution in [1.82, 2.24) is 14.5 Å². The van der Waals surface area contributed by atoms with Crippen molar-refractivity contribution in [1.29, 1.82) is 0 Å². The summed E-state index contributed by atoms with van der Waals surface area (Å²) in [5.74, 6) is -1.52. The molecule has 0 atom stereocenters. The highest BCUT2D eigenvalue weighted by atomic mass is 32.2. The van der Waals surface area contributed by atoms with Crippen molar-refractivity contribution in [3.63, 3.8) is 0 Å². The maximum Gasteiger partial charge on any atom is 0.404 e. The lowest BCUT2D eigenvalue weighted by Crippen LogP contribution is -2.44. The smallest absolute Gasteiger partial charge is 0.404 e. The molecule has 3 rings (SSSR count). The van der Waals surface area contributed by atoms with Crippen molar-refractivity contribution in [2.75, 3.05) is 5.75 Å². The van der Waals surface area contributed by atoms with Gasteiger partial charge in [-0.15, -0.1) is 0 Å². The first-order valence-corrected chi connectivity index (χ1v) is 11.6. The Morgan fingerprint density at radius 3 is 2.33 bits per heavy atom. The fourth-order valence-corrected chi connectivity index (χ4v) is 4.64. The van der Waals surface area contributed by atoms with Crippen LogP contribution in [0, 0.1) is 5.82 Å². The van der Waals surface area contributed by atoms with E-state index in [4.69, 9.17) is 4.74 Å². The van der Waals surface area contributed by atoms with Gasteiger partial charge < -0.3 is 4.74 Å². The van der Waals surface area contributed by atoms with Crippen LogP contribution >= 0.6 is 0 Å². The summed E-state index contributed by atoms with van der Waals surface area (Å²) in [5, 5.41) is 4.49. The van der Waals surface area contributed by atoms with Crippen LogP contribution in [0.2, 0.25) is 0 Å². The van der Waals surface area contributed by atoms with E-state index >= 15 is 0 Å². The van der Waals surface area contributed by atoms with Crippen LogP contribution in [0.1, 0.15) is 26.3 Å². The predicted octanol–water partition coefficient (Wildman–Crippen LogP) is 5.22. The Morgan fingerprint density at radius 2 is 1.73 bits per heavy atom. The van der Waals surface area contributed by atoms with Gasteiger partial charge in [0.05, 0.1) is 11.2 Å². The molecule has 2 aromatic carbocycles. The Labute approximate surface area is 189 Å². The average molecular weight is 486 g/mol. The standard InChI is InChI=1S/C22H23F4N3O3S/c1-4-29-20(32-18-10-8-17(23)9-11-18)13-19(27-29)15-6-5-7-16(12-15)21(2,3)28-33(30,31)14-22(24,25)26/h5-13,28H,4,14H2,1-3H3. The number of halogens is 4. The van der Waals surface area contributed by atoms with Crippen molar-refractivity contribution in [3.8, 4) is 22.9 Å². The van der Waals surface area contributed by atoms with Gasteiger partial charge in [0.25, 0.3) is 0 Å². The quantitative estimate of drug-likeness (QED) is 0.444. The summed E-state index contributed by atoms with van der Waals surface area (Å²) in [4.78, 5) is 0. The number of benzene rings is 2. The van der Waals surface area contributed by atoms with Crippen LogP contribution < -0.4 is 9.46 Å². The molecule has 0 saturated carbocycles. The third-order valence-corrected chi connectivity index (χ3v) is 6.25. The summed E-state index contributed by atoms with van der Waals surface area (Å²) >= 11 is 0. The average Bonchev–Trinajstić information content (AvgIpc) is 3.10. The number of nitrogens with zero attached hydrogens (tertiary/aromatic N) is 2. The van der Waals surface area contributed by atoms with Gasteiger partial charge in [-0.3, -0.25) is 0 Å². The monoisotopic (exact) mass is 485 g/mol. The van der Waals surface area contributed by atoms with Crippen LogP contribution in [0.3, 0.4) is 0 Å². The minimum Gasteiger partial charge on any atom is -0.439 e. The molecule has 1 heterocycles. The van der Waals surface area contributed by atoms with E-state index in [0.717, 1.165) is 0 Å². The number of rotatable bonds is 8. The van der Waals surface area contributed by atoms with Crippen LogP contribution in [0.5, 0.6) is 11.6 Å². The summed E-state index contributed by atoms with van der Waals surface area (Å²) in [5.41, 5.74) is 0.287. The predicted molar refractivity (Wildman–Crippen MR) is 116 cm³/mol. The molecule has 0 aliphatic rings. The minimum absolute atomic E-state index is 0.391. The fourth-order valence-electron chi connectivity index (χ4n) is 3.24. The maximum atomic E-state index is 13.1. The second kappa shape index (κ2) is 9.14. The van der Waals surface area contributed by atoms with Gasteiger partial charge in [-0.1, -0.05) is 18.2 Å². The molecule has 0 saturated heterocycles. The molecule has 0 amide bonds. The second-order valence-corrected chi connectivity index (χ2v) is 9.64. The molecule has 0 bridgehead atoms. The van der Waals surface area contributed by atoms with Crippen LogP contribution in [0.25, 0.3) is 11.3 Å². The van der Waals surface area contributed by atoms with Crippen molar-refractivity contribution >= 4 is 10.0 Å². The molecule has 6 nitrogen and oxygen atoms in total. The summed E-state index contributed by atoms with van der Waals surface area (Å²) in [6, 6.07) is 13.9. The van der Waals surface area contributed by atoms with Crippen LogP contribution in [0.15, 0.2) is 54.6 Å². The summed E-state index contributed by atoms with van der Waals surface area (Å²) < 4.78 is 84.4. The first-order valence-electron chi connectivity index (χ1n) is 9.98. The lowest BCUT2D eigenvalue weighted by molar-refractivity contribution is -0.106. The Kier molecular flexibility index (Phi) is 6.85. The van der Waals surface area contributed by atoms with Gasteiger partial charge in [-0.2, -0.15) is 18.3 Å². The zero-order chi connectivity index (χ0) is 24.4. The third-order valence-electron chi connectivity index (χ3n) is 4.72. The molecule has 1 aromatic heterocycles. The molecule has 1 N–H and O–H groups in total. The normalized spacial score (nSPS) is 12.7. The van der Waals surface area contributed by atoms with Crippen molar-refractivity contribution in [2.24, 2.45) is 0 Å². The Hall–Kier alpha value is -2.92. The van der Waals surface area contributed by atoms with Crippen LogP contribution in [-0.2, 0) is 22.1 Å². The van der Waals surface area contributed by atoms with Gasteiger partial charge in [0.1, 0.15) is 11.6 Å². The molecular weight excluding hydrogens is 462 g/mol. The fraction of sp³-hybridized carbons (Fsp3) is 0.318. The van der Waals surface area contributed by atoms with Gasteiger partial charge in [0.2, 0.25) is 15.9 Å². The summed E-state index contributed by atoms with van der Waals surface area (Å²) in [7, 11) is -4.61. The molecule has 0 aliphatic carbocycles. The summed E-state index contributed by atoms with van der Waals surface area (Å²) in [6.45, 7) is 5.31. The van der Waals surface area contributed by atoms with Crippen molar-refractivity contribution in [2.45, 2.75) is 39.0 Å². The number of hydrogen-bond acceptors (Lipinski definition) is 4. The van der Waals surface area contributed by atoms with E-state index in [0.29, 0.717) is 35.0 Å². The lowest BCUT2D eigenvalue weighted by atomic mass is 9.93. The van der Waals surface area contributed by atoms with E-state index in [9.17, 15) is 26.0 Å². The number of nitrogens with one attached hydrogen (secondary N) is 1. The SMILES string of the molecule is CCn1nc(-c2cccc(C(C)(C)NS(=O)(=O)CC(F)(F)F)c2)cc1Oc1ccc(F)cc1. The zero-order valence-corrected chi connectivity index (χ0v) is 19.0. The van der Waals surface area contributed by atoms with Crippen LogP contribution in [0.4, 0.5) is 17.6 Å². The number of sulfonamides is 1. The minimum atomic E-state index is -4.85. The molecule has 3 aromatic rings. The van der Waals surface area contributed by atoms with Gasteiger partial charge in [-0.05, 0) is 56.7 Å². The van der Waals surface area contributed by atoms with E-state index in [1.54, 1.807) is 35.0 Å². The number of aryl methyl sites for hydroxylation is 1. The van der Waals surface area contributed by atoms with E-state index in [2.05, 4.69) is 9.82 Å². The largest absolute Gasteiger partial charge is 0.439 e. The highest BCUT2D eigenvalue weighted by molar-refractivity contribution is 7.89. The zero-order valence-electron chi connectivity index (χ0n) is 18.1. The number of hydrogen-bond donors (Lipinski definition) is 1.